The molecule has 0 aliphatic carbocycles. The minimum atomic E-state index is 0.0232. The lowest BCUT2D eigenvalue weighted by Crippen LogP contribution is -2.10. The van der Waals surface area contributed by atoms with E-state index < -0.39 is 0 Å². The van der Waals surface area contributed by atoms with Gasteiger partial charge in [-0.1, -0.05) is 50.2 Å². The predicted molar refractivity (Wildman–Crippen MR) is 103 cm³/mol. The lowest BCUT2D eigenvalue weighted by Gasteiger charge is -2.15. The van der Waals surface area contributed by atoms with Crippen molar-refractivity contribution in [2.75, 3.05) is 20.3 Å². The first-order chi connectivity index (χ1) is 12.6. The van der Waals surface area contributed by atoms with Crippen LogP contribution in [-0.2, 0) is 22.6 Å². The van der Waals surface area contributed by atoms with Gasteiger partial charge in [-0.05, 0) is 23.3 Å². The Morgan fingerprint density at radius 1 is 0.923 bits per heavy atom. The number of carbonyl (C=O) groups is 1. The van der Waals surface area contributed by atoms with E-state index in [9.17, 15) is 4.79 Å². The van der Waals surface area contributed by atoms with Gasteiger partial charge in [-0.2, -0.15) is 0 Å². The molecule has 140 valence electrons. The number of benzene rings is 2. The lowest BCUT2D eigenvalue weighted by molar-refractivity contribution is -0.121. The molecule has 0 aromatic heterocycles. The standard InChI is InChI=1S/C22H28O4/c1-17(2)20(23)14-19-10-11-21(22(15-19)25-13-7-12-24-3)26-16-18-8-5-4-6-9-18/h4-6,8-11,15,17H,7,12-14,16H2,1-3H3. The Kier molecular flexibility index (Phi) is 8.16. The summed E-state index contributed by atoms with van der Waals surface area (Å²) in [4.78, 5) is 12.0. The van der Waals surface area contributed by atoms with E-state index in [4.69, 9.17) is 14.2 Å². The molecule has 4 heteroatoms. The maximum Gasteiger partial charge on any atom is 0.161 e. The second-order valence-corrected chi connectivity index (χ2v) is 6.55. The highest BCUT2D eigenvalue weighted by Crippen LogP contribution is 2.30. The highest BCUT2D eigenvalue weighted by Gasteiger charge is 2.12. The number of carbonyl (C=O) groups excluding carboxylic acids is 1. The molecule has 2 aromatic rings. The third-order valence-electron chi connectivity index (χ3n) is 4.02. The average Bonchev–Trinajstić information content (AvgIpc) is 2.65. The van der Waals surface area contributed by atoms with Crippen LogP contribution in [-0.4, -0.2) is 26.1 Å². The van der Waals surface area contributed by atoms with Gasteiger partial charge in [0.05, 0.1) is 6.61 Å². The molecule has 0 bridgehead atoms. The van der Waals surface area contributed by atoms with Crippen molar-refractivity contribution < 1.29 is 19.0 Å². The SMILES string of the molecule is COCCCOc1cc(CC(=O)C(C)C)ccc1OCc1ccccc1. The molecule has 0 aliphatic heterocycles. The molecule has 0 N–H and O–H groups in total. The van der Waals surface area contributed by atoms with Gasteiger partial charge in [0.15, 0.2) is 11.5 Å². The van der Waals surface area contributed by atoms with Crippen molar-refractivity contribution in [1.29, 1.82) is 0 Å². The normalized spacial score (nSPS) is 10.8. The Morgan fingerprint density at radius 3 is 2.38 bits per heavy atom. The topological polar surface area (TPSA) is 44.8 Å². The van der Waals surface area contributed by atoms with E-state index in [-0.39, 0.29) is 11.7 Å². The maximum absolute atomic E-state index is 12.0. The summed E-state index contributed by atoms with van der Waals surface area (Å²) in [6.07, 6.45) is 1.20. The van der Waals surface area contributed by atoms with Gasteiger partial charge < -0.3 is 14.2 Å². The molecular formula is C22H28O4. The number of ketones is 1. The summed E-state index contributed by atoms with van der Waals surface area (Å²) in [5.74, 6) is 1.60. The highest BCUT2D eigenvalue weighted by molar-refractivity contribution is 5.82. The van der Waals surface area contributed by atoms with Crippen LogP contribution in [0.3, 0.4) is 0 Å². The Bertz CT molecular complexity index is 680. The van der Waals surface area contributed by atoms with Crippen molar-refractivity contribution >= 4 is 5.78 Å². The molecule has 0 heterocycles. The van der Waals surface area contributed by atoms with Gasteiger partial charge in [0, 0.05) is 32.5 Å². The summed E-state index contributed by atoms with van der Waals surface area (Å²) >= 11 is 0. The van der Waals surface area contributed by atoms with E-state index in [1.165, 1.54) is 0 Å². The van der Waals surface area contributed by atoms with E-state index in [0.29, 0.717) is 37.7 Å². The van der Waals surface area contributed by atoms with Gasteiger partial charge in [-0.25, -0.2) is 0 Å². The largest absolute Gasteiger partial charge is 0.490 e. The molecule has 0 saturated carbocycles. The first-order valence-corrected chi connectivity index (χ1v) is 9.04. The van der Waals surface area contributed by atoms with Gasteiger partial charge in [0.2, 0.25) is 0 Å². The molecule has 0 spiro atoms. The van der Waals surface area contributed by atoms with Crippen molar-refractivity contribution in [1.82, 2.24) is 0 Å². The van der Waals surface area contributed by atoms with Gasteiger partial charge in [0.1, 0.15) is 12.4 Å². The number of hydrogen-bond donors (Lipinski definition) is 0. The van der Waals surface area contributed by atoms with Crippen LogP contribution in [0.25, 0.3) is 0 Å². The number of hydrogen-bond acceptors (Lipinski definition) is 4. The van der Waals surface area contributed by atoms with Crippen LogP contribution in [0.1, 0.15) is 31.4 Å². The second-order valence-electron chi connectivity index (χ2n) is 6.55. The van der Waals surface area contributed by atoms with Crippen molar-refractivity contribution in [3.8, 4) is 11.5 Å². The van der Waals surface area contributed by atoms with Gasteiger partial charge >= 0.3 is 0 Å². The predicted octanol–water partition coefficient (Wildman–Crippen LogP) is 4.45. The zero-order chi connectivity index (χ0) is 18.8. The van der Waals surface area contributed by atoms with E-state index >= 15 is 0 Å². The van der Waals surface area contributed by atoms with E-state index in [2.05, 4.69) is 0 Å². The zero-order valence-electron chi connectivity index (χ0n) is 15.9. The monoisotopic (exact) mass is 356 g/mol. The molecule has 0 atom stereocenters. The van der Waals surface area contributed by atoms with Gasteiger partial charge in [0.25, 0.3) is 0 Å². The third-order valence-corrected chi connectivity index (χ3v) is 4.02. The van der Waals surface area contributed by atoms with Crippen LogP contribution < -0.4 is 9.47 Å². The molecule has 0 amide bonds. The fourth-order valence-corrected chi connectivity index (χ4v) is 2.42. The van der Waals surface area contributed by atoms with E-state index in [1.807, 2.05) is 62.4 Å². The summed E-state index contributed by atoms with van der Waals surface area (Å²) < 4.78 is 16.9. The van der Waals surface area contributed by atoms with Crippen molar-refractivity contribution in [2.24, 2.45) is 5.92 Å². The molecule has 2 aromatic carbocycles. The van der Waals surface area contributed by atoms with Crippen LogP contribution in [0.5, 0.6) is 11.5 Å². The summed E-state index contributed by atoms with van der Waals surface area (Å²) in [6.45, 7) is 5.49. The molecule has 0 fully saturated rings. The smallest absolute Gasteiger partial charge is 0.161 e. The molecular weight excluding hydrogens is 328 g/mol. The van der Waals surface area contributed by atoms with Crippen LogP contribution >= 0.6 is 0 Å². The molecule has 2 rings (SSSR count). The van der Waals surface area contributed by atoms with E-state index in [0.717, 1.165) is 17.5 Å². The lowest BCUT2D eigenvalue weighted by atomic mass is 10.0. The Labute approximate surface area is 156 Å². The first-order valence-electron chi connectivity index (χ1n) is 9.04. The number of rotatable bonds is 11. The highest BCUT2D eigenvalue weighted by atomic mass is 16.5. The van der Waals surface area contributed by atoms with Crippen LogP contribution in [0.4, 0.5) is 0 Å². The van der Waals surface area contributed by atoms with E-state index in [1.54, 1.807) is 7.11 Å². The molecule has 0 unspecified atom stereocenters. The molecule has 4 nitrogen and oxygen atoms in total. The van der Waals surface area contributed by atoms with Crippen LogP contribution in [0.2, 0.25) is 0 Å². The quantitative estimate of drug-likeness (QED) is 0.558. The Hall–Kier alpha value is -2.33. The third kappa shape index (κ3) is 6.52. The molecule has 0 radical (unpaired) electrons. The molecule has 0 aliphatic rings. The Balaban J connectivity index is 2.09. The molecule has 0 saturated heterocycles. The van der Waals surface area contributed by atoms with Crippen LogP contribution in [0.15, 0.2) is 48.5 Å². The molecule has 26 heavy (non-hydrogen) atoms. The number of Topliss-reactive ketones (excluding diaryl/α,β-unsaturated/α-hetero) is 1. The van der Waals surface area contributed by atoms with Crippen molar-refractivity contribution in [3.63, 3.8) is 0 Å². The fraction of sp³-hybridized carbons (Fsp3) is 0.409. The Morgan fingerprint density at radius 2 is 1.69 bits per heavy atom. The maximum atomic E-state index is 12.0. The summed E-state index contributed by atoms with van der Waals surface area (Å²) in [6, 6.07) is 15.7. The first kappa shape index (κ1) is 20.0. The number of ether oxygens (including phenoxy) is 3. The van der Waals surface area contributed by atoms with Gasteiger partial charge in [-0.15, -0.1) is 0 Å². The average molecular weight is 356 g/mol. The van der Waals surface area contributed by atoms with Crippen molar-refractivity contribution in [3.05, 3.63) is 59.7 Å². The van der Waals surface area contributed by atoms with Crippen molar-refractivity contribution in [2.45, 2.75) is 33.3 Å². The summed E-state index contributed by atoms with van der Waals surface area (Å²) in [5, 5.41) is 0. The minimum Gasteiger partial charge on any atom is -0.490 e. The fourth-order valence-electron chi connectivity index (χ4n) is 2.42. The van der Waals surface area contributed by atoms with Gasteiger partial charge in [-0.3, -0.25) is 4.79 Å². The van der Waals surface area contributed by atoms with Crippen LogP contribution in [0, 0.1) is 5.92 Å². The second kappa shape index (κ2) is 10.6. The summed E-state index contributed by atoms with van der Waals surface area (Å²) in [7, 11) is 1.67. The summed E-state index contributed by atoms with van der Waals surface area (Å²) in [5.41, 5.74) is 2.04. The minimum absolute atomic E-state index is 0.0232. The zero-order valence-corrected chi connectivity index (χ0v) is 15.9. The number of methoxy groups -OCH3 is 1.